The first kappa shape index (κ1) is 19.7. The van der Waals surface area contributed by atoms with Gasteiger partial charge in [0.1, 0.15) is 11.5 Å². The van der Waals surface area contributed by atoms with Crippen molar-refractivity contribution in [2.24, 2.45) is 0 Å². The summed E-state index contributed by atoms with van der Waals surface area (Å²) in [6, 6.07) is 6.27. The number of aromatic amines is 1. The normalized spacial score (nSPS) is 21.6. The smallest absolute Gasteiger partial charge is 0.317 e. The molecule has 0 saturated carbocycles. The highest BCUT2D eigenvalue weighted by Crippen LogP contribution is 2.32. The number of rotatable bonds is 3. The lowest BCUT2D eigenvalue weighted by molar-refractivity contribution is 0.0985. The third kappa shape index (κ3) is 3.69. The van der Waals surface area contributed by atoms with Crippen LogP contribution >= 0.6 is 0 Å². The number of carbonyl (C=O) groups excluding carboxylic acids is 1. The van der Waals surface area contributed by atoms with E-state index in [2.05, 4.69) is 33.2 Å². The van der Waals surface area contributed by atoms with Crippen molar-refractivity contribution >= 4 is 22.9 Å². The van der Waals surface area contributed by atoms with E-state index in [4.69, 9.17) is 14.7 Å². The quantitative estimate of drug-likeness (QED) is 0.674. The minimum Gasteiger partial charge on any atom is -0.377 e. The van der Waals surface area contributed by atoms with E-state index < -0.39 is 0 Å². The van der Waals surface area contributed by atoms with Gasteiger partial charge in [-0.25, -0.2) is 19.7 Å². The number of fused-ring (bicyclic) bond motifs is 1. The van der Waals surface area contributed by atoms with Crippen LogP contribution in [0.2, 0.25) is 0 Å². The van der Waals surface area contributed by atoms with Gasteiger partial charge in [-0.05, 0) is 25.5 Å². The fourth-order valence-electron chi connectivity index (χ4n) is 4.50. The molecule has 5 rings (SSSR count). The average Bonchev–Trinajstić information content (AvgIpc) is 3.48. The Morgan fingerprint density at radius 1 is 1.29 bits per heavy atom. The van der Waals surface area contributed by atoms with Crippen molar-refractivity contribution in [2.75, 3.05) is 44.8 Å². The second kappa shape index (κ2) is 8.14. The molecule has 2 atom stereocenters. The molecule has 0 unspecified atom stereocenters. The number of nitrogens with zero attached hydrogens (tertiary/aromatic N) is 5. The molecule has 9 nitrogen and oxygen atoms in total. The standard InChI is InChI=1S/C22H27N7O2/c1-14-13-31-10-9-29(14)19-11-18(15-5-8-28(12-15)22(30)23-2)26-21(27-19)17-4-7-25-20-16(17)3-6-24-20/h3-4,6-7,11,14-15H,5,8-10,12-13H2,1-2H3,(H,23,30)(H,24,25)/t14-,15-/m1/s1. The minimum atomic E-state index is -0.0398. The van der Waals surface area contributed by atoms with Crippen molar-refractivity contribution < 1.29 is 9.53 Å². The number of pyridine rings is 1. The fourth-order valence-corrected chi connectivity index (χ4v) is 4.50. The molecule has 2 aliphatic heterocycles. The molecular formula is C22H27N7O2. The molecule has 2 aliphatic rings. The zero-order valence-electron chi connectivity index (χ0n) is 17.8. The highest BCUT2D eigenvalue weighted by Gasteiger charge is 2.30. The molecule has 31 heavy (non-hydrogen) atoms. The largest absolute Gasteiger partial charge is 0.377 e. The minimum absolute atomic E-state index is 0.0398. The molecule has 2 N–H and O–H groups in total. The van der Waals surface area contributed by atoms with Gasteiger partial charge in [-0.1, -0.05) is 0 Å². The van der Waals surface area contributed by atoms with Crippen LogP contribution < -0.4 is 10.2 Å². The first-order valence-electron chi connectivity index (χ1n) is 10.8. The van der Waals surface area contributed by atoms with Crippen molar-refractivity contribution in [1.82, 2.24) is 30.2 Å². The van der Waals surface area contributed by atoms with E-state index in [1.54, 1.807) is 13.2 Å². The number of H-pyrrole nitrogens is 1. The van der Waals surface area contributed by atoms with Gasteiger partial charge in [0.2, 0.25) is 0 Å². The fraction of sp³-hybridized carbons (Fsp3) is 0.455. The zero-order chi connectivity index (χ0) is 21.4. The summed E-state index contributed by atoms with van der Waals surface area (Å²) in [5.41, 5.74) is 2.75. The van der Waals surface area contributed by atoms with E-state index in [-0.39, 0.29) is 18.0 Å². The highest BCUT2D eigenvalue weighted by molar-refractivity contribution is 5.91. The molecule has 0 spiro atoms. The maximum absolute atomic E-state index is 12.1. The van der Waals surface area contributed by atoms with Gasteiger partial charge in [-0.2, -0.15) is 0 Å². The number of anilines is 1. The Labute approximate surface area is 180 Å². The van der Waals surface area contributed by atoms with E-state index in [0.717, 1.165) is 47.6 Å². The van der Waals surface area contributed by atoms with Crippen LogP contribution in [-0.4, -0.2) is 76.8 Å². The molecule has 0 bridgehead atoms. The predicted octanol–water partition coefficient (Wildman–Crippen LogP) is 2.37. The molecule has 2 fully saturated rings. The number of ether oxygens (including phenoxy) is 1. The molecule has 0 aromatic carbocycles. The van der Waals surface area contributed by atoms with Gasteiger partial charge >= 0.3 is 6.03 Å². The molecule has 162 valence electrons. The van der Waals surface area contributed by atoms with Crippen molar-refractivity contribution in [3.8, 4) is 11.4 Å². The van der Waals surface area contributed by atoms with Gasteiger partial charge in [-0.15, -0.1) is 0 Å². The number of aromatic nitrogens is 4. The van der Waals surface area contributed by atoms with Crippen LogP contribution in [0.5, 0.6) is 0 Å². The van der Waals surface area contributed by atoms with Crippen LogP contribution in [0.15, 0.2) is 30.6 Å². The summed E-state index contributed by atoms with van der Waals surface area (Å²) < 4.78 is 5.63. The highest BCUT2D eigenvalue weighted by atomic mass is 16.5. The Morgan fingerprint density at radius 3 is 3.03 bits per heavy atom. The van der Waals surface area contributed by atoms with Gasteiger partial charge in [0, 0.05) is 62.0 Å². The van der Waals surface area contributed by atoms with E-state index in [9.17, 15) is 4.79 Å². The van der Waals surface area contributed by atoms with E-state index in [0.29, 0.717) is 25.6 Å². The number of nitrogens with one attached hydrogen (secondary N) is 2. The SMILES string of the molecule is CNC(=O)N1CC[C@@H](c2cc(N3CCOC[C@H]3C)nc(-c3ccnc4[nH]ccc34)n2)C1. The van der Waals surface area contributed by atoms with Crippen LogP contribution in [0.4, 0.5) is 10.6 Å². The predicted molar refractivity (Wildman–Crippen MR) is 118 cm³/mol. The number of amides is 2. The van der Waals surface area contributed by atoms with Gasteiger partial charge in [0.25, 0.3) is 0 Å². The number of hydrogen-bond donors (Lipinski definition) is 2. The average molecular weight is 422 g/mol. The Kier molecular flexibility index (Phi) is 5.19. The second-order valence-electron chi connectivity index (χ2n) is 8.18. The van der Waals surface area contributed by atoms with Gasteiger partial charge in [0.05, 0.1) is 24.9 Å². The number of carbonyl (C=O) groups is 1. The Hall–Kier alpha value is -3.20. The van der Waals surface area contributed by atoms with Crippen LogP contribution in [0.3, 0.4) is 0 Å². The Bertz CT molecular complexity index is 1100. The molecular weight excluding hydrogens is 394 g/mol. The van der Waals surface area contributed by atoms with Gasteiger partial charge in [-0.3, -0.25) is 0 Å². The number of likely N-dealkylation sites (tertiary alicyclic amines) is 1. The molecule has 2 amide bonds. The lowest BCUT2D eigenvalue weighted by Crippen LogP contribution is -2.44. The Balaban J connectivity index is 1.58. The maximum Gasteiger partial charge on any atom is 0.317 e. The summed E-state index contributed by atoms with van der Waals surface area (Å²) in [5, 5.41) is 3.72. The van der Waals surface area contributed by atoms with Crippen molar-refractivity contribution in [3.63, 3.8) is 0 Å². The maximum atomic E-state index is 12.1. The van der Waals surface area contributed by atoms with E-state index in [1.807, 2.05) is 23.2 Å². The van der Waals surface area contributed by atoms with Crippen LogP contribution in [0.1, 0.15) is 25.0 Å². The zero-order valence-corrected chi connectivity index (χ0v) is 17.8. The van der Waals surface area contributed by atoms with E-state index >= 15 is 0 Å². The number of urea groups is 1. The number of hydrogen-bond acceptors (Lipinski definition) is 6. The van der Waals surface area contributed by atoms with E-state index in [1.165, 1.54) is 0 Å². The summed E-state index contributed by atoms with van der Waals surface area (Å²) >= 11 is 0. The van der Waals surface area contributed by atoms with Gasteiger partial charge in [0.15, 0.2) is 5.82 Å². The lowest BCUT2D eigenvalue weighted by Gasteiger charge is -2.34. The monoisotopic (exact) mass is 421 g/mol. The van der Waals surface area contributed by atoms with Crippen molar-refractivity contribution in [3.05, 3.63) is 36.3 Å². The topological polar surface area (TPSA) is 99.3 Å². The van der Waals surface area contributed by atoms with Crippen LogP contribution in [0, 0.1) is 0 Å². The van der Waals surface area contributed by atoms with Crippen molar-refractivity contribution in [1.29, 1.82) is 0 Å². The lowest BCUT2D eigenvalue weighted by atomic mass is 10.0. The summed E-state index contributed by atoms with van der Waals surface area (Å²) in [6.07, 6.45) is 4.55. The summed E-state index contributed by atoms with van der Waals surface area (Å²) in [7, 11) is 1.67. The third-order valence-corrected chi connectivity index (χ3v) is 6.20. The summed E-state index contributed by atoms with van der Waals surface area (Å²) in [5.74, 6) is 1.78. The molecule has 9 heteroatoms. The van der Waals surface area contributed by atoms with Gasteiger partial charge < -0.3 is 24.8 Å². The molecule has 3 aromatic heterocycles. The third-order valence-electron chi connectivity index (χ3n) is 6.20. The molecule has 5 heterocycles. The van der Waals surface area contributed by atoms with Crippen LogP contribution in [0.25, 0.3) is 22.4 Å². The first-order valence-corrected chi connectivity index (χ1v) is 10.8. The molecule has 0 aliphatic carbocycles. The summed E-state index contributed by atoms with van der Waals surface area (Å²) in [6.45, 7) is 5.70. The molecule has 2 saturated heterocycles. The van der Waals surface area contributed by atoms with Crippen LogP contribution in [-0.2, 0) is 4.74 Å². The first-order chi connectivity index (χ1) is 15.1. The number of morpholine rings is 1. The molecule has 3 aromatic rings. The summed E-state index contributed by atoms with van der Waals surface area (Å²) in [4.78, 5) is 33.8. The van der Waals surface area contributed by atoms with Crippen molar-refractivity contribution in [2.45, 2.75) is 25.3 Å². The molecule has 0 radical (unpaired) electrons. The second-order valence-corrected chi connectivity index (χ2v) is 8.18. The Morgan fingerprint density at radius 2 is 2.19 bits per heavy atom.